The first-order valence-corrected chi connectivity index (χ1v) is 8.07. The molecule has 1 aromatic heterocycles. The lowest BCUT2D eigenvalue weighted by Crippen LogP contribution is -2.37. The number of carbonyl (C=O) groups excluding carboxylic acids is 2. The Morgan fingerprint density at radius 3 is 2.48 bits per heavy atom. The van der Waals surface area contributed by atoms with Gasteiger partial charge in [-0.1, -0.05) is 26.1 Å². The van der Waals surface area contributed by atoms with E-state index in [-0.39, 0.29) is 29.7 Å². The number of carbonyl (C=O) groups is 2. The van der Waals surface area contributed by atoms with Crippen LogP contribution in [0.15, 0.2) is 6.20 Å². The van der Waals surface area contributed by atoms with Crippen molar-refractivity contribution >= 4 is 46.4 Å². The molecule has 1 atom stereocenters. The second-order valence-corrected chi connectivity index (χ2v) is 6.54. The Morgan fingerprint density at radius 2 is 2.00 bits per heavy atom. The van der Waals surface area contributed by atoms with Gasteiger partial charge in [0.15, 0.2) is 11.5 Å². The van der Waals surface area contributed by atoms with E-state index < -0.39 is 17.9 Å². The molecule has 25 heavy (non-hydrogen) atoms. The molecule has 0 fully saturated rings. The fraction of sp³-hybridized carbons (Fsp3) is 0.467. The van der Waals surface area contributed by atoms with Crippen molar-refractivity contribution in [3.05, 3.63) is 11.9 Å². The molecular weight excluding hydrogens is 342 g/mol. The minimum atomic E-state index is -0.774. The highest BCUT2D eigenvalue weighted by molar-refractivity contribution is 7.80. The molecule has 1 rings (SSSR count). The highest BCUT2D eigenvalue weighted by atomic mass is 32.1. The van der Waals surface area contributed by atoms with Gasteiger partial charge in [0.1, 0.15) is 11.9 Å². The van der Waals surface area contributed by atoms with Crippen molar-refractivity contribution in [2.45, 2.75) is 39.7 Å². The normalized spacial score (nSPS) is 11.7. The third-order valence-electron chi connectivity index (χ3n) is 3.06. The molecule has 10 heteroatoms. The average Bonchev–Trinajstić information content (AvgIpc) is 2.44. The lowest BCUT2D eigenvalue weighted by molar-refractivity contribution is -0.119. The van der Waals surface area contributed by atoms with E-state index in [0.717, 1.165) is 0 Å². The summed E-state index contributed by atoms with van der Waals surface area (Å²) >= 11 is 5.12. The number of aromatic nitrogens is 2. The molecule has 7 N–H and O–H groups in total. The number of nitrogens with zero attached hydrogens (tertiary/aromatic N) is 2. The summed E-state index contributed by atoms with van der Waals surface area (Å²) in [6.07, 6.45) is 2.03. The monoisotopic (exact) mass is 365 g/mol. The maximum Gasteiger partial charge on any atom is 0.271 e. The van der Waals surface area contributed by atoms with Gasteiger partial charge in [0.2, 0.25) is 5.91 Å². The number of rotatable bonds is 9. The Bertz CT molecular complexity index is 690. The van der Waals surface area contributed by atoms with Crippen LogP contribution in [-0.4, -0.2) is 38.5 Å². The molecule has 136 valence electrons. The van der Waals surface area contributed by atoms with Gasteiger partial charge in [-0.25, -0.2) is 9.97 Å². The minimum Gasteiger partial charge on any atom is -0.368 e. The summed E-state index contributed by atoms with van der Waals surface area (Å²) in [5, 5.41) is 13.1. The summed E-state index contributed by atoms with van der Waals surface area (Å²) < 4.78 is 0. The molecule has 0 saturated carbocycles. The van der Waals surface area contributed by atoms with Crippen molar-refractivity contribution in [2.75, 3.05) is 10.6 Å². The molecule has 9 nitrogen and oxygen atoms in total. The van der Waals surface area contributed by atoms with E-state index in [9.17, 15) is 9.59 Å². The standard InChI is InChI=1S/C15H23N7O2S/c1-7(2)4-9(13(17)23)20-10-6-19-12(14(18)24)15(21-10)22-11(25)5-8(3)16/h6-7,9,16H,4-5H2,1-3H3,(H2,17,23)(H2,18,24)(H2,20,21,22,25). The van der Waals surface area contributed by atoms with Crippen LogP contribution in [0.2, 0.25) is 0 Å². The fourth-order valence-electron chi connectivity index (χ4n) is 2.04. The van der Waals surface area contributed by atoms with Crippen LogP contribution in [0, 0.1) is 11.3 Å². The van der Waals surface area contributed by atoms with Crippen molar-refractivity contribution in [2.24, 2.45) is 17.4 Å². The number of amides is 2. The maximum absolute atomic E-state index is 11.6. The van der Waals surface area contributed by atoms with Gasteiger partial charge in [-0.3, -0.25) is 9.59 Å². The van der Waals surface area contributed by atoms with Crippen LogP contribution in [0.1, 0.15) is 44.1 Å². The summed E-state index contributed by atoms with van der Waals surface area (Å²) in [6, 6.07) is -0.627. The van der Waals surface area contributed by atoms with Gasteiger partial charge in [-0.05, 0) is 19.3 Å². The number of thiocarbonyl (C=S) groups is 1. The molecule has 0 saturated heterocycles. The molecule has 0 aliphatic heterocycles. The first-order chi connectivity index (χ1) is 11.6. The molecule has 0 bridgehead atoms. The Morgan fingerprint density at radius 1 is 1.36 bits per heavy atom. The van der Waals surface area contributed by atoms with Crippen LogP contribution < -0.4 is 22.1 Å². The number of hydrogen-bond acceptors (Lipinski definition) is 7. The quantitative estimate of drug-likeness (QED) is 0.323. The summed E-state index contributed by atoms with van der Waals surface area (Å²) in [7, 11) is 0. The van der Waals surface area contributed by atoms with Gasteiger partial charge in [0, 0.05) is 12.1 Å². The van der Waals surface area contributed by atoms with Gasteiger partial charge < -0.3 is 27.5 Å². The third-order valence-corrected chi connectivity index (χ3v) is 3.31. The number of nitrogens with one attached hydrogen (secondary N) is 3. The van der Waals surface area contributed by atoms with Gasteiger partial charge in [0.25, 0.3) is 5.91 Å². The molecule has 0 aromatic carbocycles. The largest absolute Gasteiger partial charge is 0.368 e. The average molecular weight is 365 g/mol. The van der Waals surface area contributed by atoms with Crippen molar-refractivity contribution in [3.63, 3.8) is 0 Å². The first kappa shape index (κ1) is 20.4. The predicted octanol–water partition coefficient (Wildman–Crippen LogP) is 1.06. The molecule has 1 heterocycles. The lowest BCUT2D eigenvalue weighted by atomic mass is 10.0. The number of primary amides is 2. The van der Waals surface area contributed by atoms with E-state index in [0.29, 0.717) is 17.1 Å². The van der Waals surface area contributed by atoms with Gasteiger partial charge in [-0.15, -0.1) is 0 Å². The molecular formula is C15H23N7O2S. The first-order valence-electron chi connectivity index (χ1n) is 7.66. The Balaban J connectivity index is 3.08. The van der Waals surface area contributed by atoms with Crippen LogP contribution in [0.4, 0.5) is 11.6 Å². The topological polar surface area (TPSA) is 160 Å². The summed E-state index contributed by atoms with van der Waals surface area (Å²) in [5.41, 5.74) is 11.0. The van der Waals surface area contributed by atoms with Crippen molar-refractivity contribution < 1.29 is 9.59 Å². The molecule has 1 aromatic rings. The maximum atomic E-state index is 11.6. The number of nitrogens with two attached hydrogens (primary N) is 2. The SMILES string of the molecule is CC(=N)CC(=S)Nc1nc(NC(CC(C)C)C(N)=O)cnc1C(N)=O. The van der Waals surface area contributed by atoms with E-state index in [1.165, 1.54) is 6.20 Å². The van der Waals surface area contributed by atoms with Gasteiger partial charge in [0.05, 0.1) is 11.2 Å². The van der Waals surface area contributed by atoms with Crippen LogP contribution >= 0.6 is 12.2 Å². The zero-order valence-electron chi connectivity index (χ0n) is 14.4. The van der Waals surface area contributed by atoms with E-state index >= 15 is 0 Å². The zero-order chi connectivity index (χ0) is 19.1. The fourth-order valence-corrected chi connectivity index (χ4v) is 2.35. The molecule has 0 radical (unpaired) electrons. The van der Waals surface area contributed by atoms with Crippen molar-refractivity contribution in [1.82, 2.24) is 9.97 Å². The van der Waals surface area contributed by atoms with Crippen LogP contribution in [-0.2, 0) is 4.79 Å². The second-order valence-electron chi connectivity index (χ2n) is 6.05. The molecule has 0 aliphatic carbocycles. The molecule has 1 unspecified atom stereocenters. The zero-order valence-corrected chi connectivity index (χ0v) is 15.2. The summed E-state index contributed by atoms with van der Waals surface area (Å²) in [4.78, 5) is 31.6. The molecule has 2 amide bonds. The van der Waals surface area contributed by atoms with Crippen LogP contribution in [0.3, 0.4) is 0 Å². The van der Waals surface area contributed by atoms with Crippen molar-refractivity contribution in [3.8, 4) is 0 Å². The Kier molecular flexibility index (Phi) is 7.37. The van der Waals surface area contributed by atoms with Gasteiger partial charge in [-0.2, -0.15) is 0 Å². The lowest BCUT2D eigenvalue weighted by Gasteiger charge is -2.18. The highest BCUT2D eigenvalue weighted by Crippen LogP contribution is 2.16. The van der Waals surface area contributed by atoms with E-state index in [4.69, 9.17) is 29.1 Å². The van der Waals surface area contributed by atoms with E-state index in [2.05, 4.69) is 20.6 Å². The van der Waals surface area contributed by atoms with E-state index in [1.807, 2.05) is 13.8 Å². The minimum absolute atomic E-state index is 0.0662. The van der Waals surface area contributed by atoms with Crippen molar-refractivity contribution in [1.29, 1.82) is 5.41 Å². The second kappa shape index (κ2) is 9.02. The van der Waals surface area contributed by atoms with Crippen LogP contribution in [0.5, 0.6) is 0 Å². The predicted molar refractivity (Wildman–Crippen MR) is 101 cm³/mol. The third kappa shape index (κ3) is 6.79. The highest BCUT2D eigenvalue weighted by Gasteiger charge is 2.19. The summed E-state index contributed by atoms with van der Waals surface area (Å²) in [6.45, 7) is 5.53. The van der Waals surface area contributed by atoms with E-state index in [1.54, 1.807) is 6.92 Å². The Hall–Kier alpha value is -2.62. The number of anilines is 2. The summed E-state index contributed by atoms with van der Waals surface area (Å²) in [5.74, 6) is -0.727. The smallest absolute Gasteiger partial charge is 0.271 e. The van der Waals surface area contributed by atoms with Gasteiger partial charge >= 0.3 is 0 Å². The number of hydrogen-bond donors (Lipinski definition) is 5. The van der Waals surface area contributed by atoms with Crippen LogP contribution in [0.25, 0.3) is 0 Å². The molecule has 0 spiro atoms. The Labute approximate surface area is 151 Å². The molecule has 0 aliphatic rings.